The molecule has 1 aliphatic rings. The van der Waals surface area contributed by atoms with Gasteiger partial charge in [-0.1, -0.05) is 34.1 Å². The summed E-state index contributed by atoms with van der Waals surface area (Å²) in [5.74, 6) is -0.268. The Kier molecular flexibility index (Phi) is 10.6. The Hall–Kier alpha value is -1.14. The molecule has 0 aromatic rings. The summed E-state index contributed by atoms with van der Waals surface area (Å²) in [5, 5.41) is 6.63. The first kappa shape index (κ1) is 25.9. The van der Waals surface area contributed by atoms with Crippen LogP contribution in [0.1, 0.15) is 93.9 Å². The van der Waals surface area contributed by atoms with E-state index in [1.165, 1.54) is 6.42 Å². The molecule has 1 rings (SSSR count). The summed E-state index contributed by atoms with van der Waals surface area (Å²) in [6, 6.07) is -0.516. The Balaban J connectivity index is 2.52. The smallest absolute Gasteiger partial charge is 0.323 e. The zero-order valence-electron chi connectivity index (χ0n) is 19.8. The number of carbonyl (C=O) groups is 2. The summed E-state index contributed by atoms with van der Waals surface area (Å²) < 4.78 is 11.4. The van der Waals surface area contributed by atoms with Gasteiger partial charge in [-0.05, 0) is 59.3 Å². The van der Waals surface area contributed by atoms with Gasteiger partial charge >= 0.3 is 11.9 Å². The lowest BCUT2D eigenvalue weighted by molar-refractivity contribution is -0.155. The standard InChI is InChI=1S/C23H44N2O4/c1-15(2)20(24-16(3)4)22(27)28-17(5)14-23(7,8)25-18(6)21(26)29-19-12-10-9-11-13-19/h15-20,24-25H,9-14H2,1-8H3. The first-order chi connectivity index (χ1) is 13.4. The molecule has 0 bridgehead atoms. The van der Waals surface area contributed by atoms with Crippen LogP contribution in [0.25, 0.3) is 0 Å². The van der Waals surface area contributed by atoms with Gasteiger partial charge in [-0.3, -0.25) is 14.9 Å². The van der Waals surface area contributed by atoms with Crippen molar-refractivity contribution in [2.24, 2.45) is 5.92 Å². The van der Waals surface area contributed by atoms with Crippen LogP contribution in [0.15, 0.2) is 0 Å². The van der Waals surface area contributed by atoms with E-state index in [0.717, 1.165) is 25.7 Å². The first-order valence-corrected chi connectivity index (χ1v) is 11.4. The summed E-state index contributed by atoms with van der Waals surface area (Å²) >= 11 is 0. The van der Waals surface area contributed by atoms with Crippen LogP contribution in [0.4, 0.5) is 0 Å². The van der Waals surface area contributed by atoms with Crippen molar-refractivity contribution in [2.45, 2.75) is 130 Å². The van der Waals surface area contributed by atoms with E-state index < -0.39 is 6.04 Å². The van der Waals surface area contributed by atoms with Crippen LogP contribution in [-0.4, -0.2) is 47.8 Å². The summed E-state index contributed by atoms with van der Waals surface area (Å²) in [6.07, 6.45) is 5.84. The molecular weight excluding hydrogens is 368 g/mol. The third kappa shape index (κ3) is 9.94. The molecular formula is C23H44N2O4. The minimum atomic E-state index is -0.402. The van der Waals surface area contributed by atoms with Crippen LogP contribution in [-0.2, 0) is 19.1 Å². The highest BCUT2D eigenvalue weighted by Gasteiger charge is 2.31. The monoisotopic (exact) mass is 412 g/mol. The maximum Gasteiger partial charge on any atom is 0.323 e. The summed E-state index contributed by atoms with van der Waals surface area (Å²) in [7, 11) is 0. The number of hydrogen-bond acceptors (Lipinski definition) is 6. The van der Waals surface area contributed by atoms with E-state index in [-0.39, 0.29) is 47.7 Å². The minimum Gasteiger partial charge on any atom is -0.461 e. The first-order valence-electron chi connectivity index (χ1n) is 11.4. The molecule has 170 valence electrons. The van der Waals surface area contributed by atoms with Gasteiger partial charge in [0.1, 0.15) is 24.3 Å². The molecule has 0 aromatic carbocycles. The summed E-state index contributed by atoms with van der Waals surface area (Å²) in [5.41, 5.74) is -0.372. The highest BCUT2D eigenvalue weighted by atomic mass is 16.5. The molecule has 1 saturated carbocycles. The van der Waals surface area contributed by atoms with Crippen molar-refractivity contribution < 1.29 is 19.1 Å². The molecule has 1 fully saturated rings. The fraction of sp³-hybridized carbons (Fsp3) is 0.913. The van der Waals surface area contributed by atoms with Crippen molar-refractivity contribution in [3.63, 3.8) is 0 Å². The molecule has 2 N–H and O–H groups in total. The Morgan fingerprint density at radius 3 is 2.07 bits per heavy atom. The van der Waals surface area contributed by atoms with Gasteiger partial charge in [-0.2, -0.15) is 0 Å². The highest BCUT2D eigenvalue weighted by molar-refractivity contribution is 5.76. The van der Waals surface area contributed by atoms with Gasteiger partial charge in [0, 0.05) is 18.0 Å². The van der Waals surface area contributed by atoms with Crippen LogP contribution >= 0.6 is 0 Å². The van der Waals surface area contributed by atoms with Crippen molar-refractivity contribution in [2.75, 3.05) is 0 Å². The van der Waals surface area contributed by atoms with Crippen molar-refractivity contribution >= 4 is 11.9 Å². The van der Waals surface area contributed by atoms with Crippen LogP contribution in [0.5, 0.6) is 0 Å². The Morgan fingerprint density at radius 2 is 1.55 bits per heavy atom. The van der Waals surface area contributed by atoms with Crippen LogP contribution < -0.4 is 10.6 Å². The van der Waals surface area contributed by atoms with Gasteiger partial charge in [-0.25, -0.2) is 0 Å². The van der Waals surface area contributed by atoms with Gasteiger partial charge < -0.3 is 14.8 Å². The van der Waals surface area contributed by atoms with E-state index in [2.05, 4.69) is 10.6 Å². The van der Waals surface area contributed by atoms with E-state index in [4.69, 9.17) is 9.47 Å². The van der Waals surface area contributed by atoms with Gasteiger partial charge in [0.25, 0.3) is 0 Å². The Bertz CT molecular complexity index is 513. The van der Waals surface area contributed by atoms with Crippen molar-refractivity contribution in [3.05, 3.63) is 0 Å². The van der Waals surface area contributed by atoms with E-state index in [1.54, 1.807) is 0 Å². The third-order valence-corrected chi connectivity index (χ3v) is 5.34. The normalized spacial score (nSPS) is 19.1. The van der Waals surface area contributed by atoms with Gasteiger partial charge in [0.05, 0.1) is 0 Å². The predicted octanol–water partition coefficient (Wildman–Crippen LogP) is 3.96. The molecule has 1 aliphatic carbocycles. The largest absolute Gasteiger partial charge is 0.461 e. The van der Waals surface area contributed by atoms with Crippen molar-refractivity contribution in [1.82, 2.24) is 10.6 Å². The van der Waals surface area contributed by atoms with Crippen molar-refractivity contribution in [3.8, 4) is 0 Å². The highest BCUT2D eigenvalue weighted by Crippen LogP contribution is 2.21. The zero-order chi connectivity index (χ0) is 22.2. The fourth-order valence-electron chi connectivity index (χ4n) is 4.08. The Morgan fingerprint density at radius 1 is 0.966 bits per heavy atom. The van der Waals surface area contributed by atoms with Crippen LogP contribution in [0, 0.1) is 5.92 Å². The Labute approximate surface area is 177 Å². The van der Waals surface area contributed by atoms with Crippen LogP contribution in [0.2, 0.25) is 0 Å². The maximum atomic E-state index is 12.6. The predicted molar refractivity (Wildman–Crippen MR) is 117 cm³/mol. The fourth-order valence-corrected chi connectivity index (χ4v) is 4.08. The molecule has 0 radical (unpaired) electrons. The molecule has 0 saturated heterocycles. The topological polar surface area (TPSA) is 76.7 Å². The van der Waals surface area contributed by atoms with Crippen molar-refractivity contribution in [1.29, 1.82) is 0 Å². The maximum absolute atomic E-state index is 12.6. The molecule has 0 amide bonds. The number of carbonyl (C=O) groups excluding carboxylic acids is 2. The van der Waals surface area contributed by atoms with Crippen LogP contribution in [0.3, 0.4) is 0 Å². The minimum absolute atomic E-state index is 0.0601. The second-order valence-electron chi connectivity index (χ2n) is 9.94. The number of hydrogen-bond donors (Lipinski definition) is 2. The van der Waals surface area contributed by atoms with Gasteiger partial charge in [0.15, 0.2) is 0 Å². The SMILES string of the molecule is CC(C)NC(C(=O)OC(C)CC(C)(C)NC(C)C(=O)OC1CCCCC1)C(C)C. The zero-order valence-corrected chi connectivity index (χ0v) is 19.8. The van der Waals surface area contributed by atoms with E-state index >= 15 is 0 Å². The second kappa shape index (κ2) is 11.9. The lowest BCUT2D eigenvalue weighted by Gasteiger charge is -2.33. The molecule has 0 spiro atoms. The number of nitrogens with one attached hydrogen (secondary N) is 2. The third-order valence-electron chi connectivity index (χ3n) is 5.34. The molecule has 0 aliphatic heterocycles. The lowest BCUT2D eigenvalue weighted by Crippen LogP contribution is -2.51. The number of esters is 2. The average Bonchev–Trinajstić information content (AvgIpc) is 2.58. The molecule has 3 unspecified atom stereocenters. The quantitative estimate of drug-likeness (QED) is 0.500. The lowest BCUT2D eigenvalue weighted by atomic mass is 9.95. The van der Waals surface area contributed by atoms with Gasteiger partial charge in [-0.15, -0.1) is 0 Å². The second-order valence-corrected chi connectivity index (χ2v) is 9.94. The molecule has 6 heteroatoms. The average molecular weight is 413 g/mol. The van der Waals surface area contributed by atoms with E-state index in [1.807, 2.05) is 55.4 Å². The number of rotatable bonds is 11. The van der Waals surface area contributed by atoms with E-state index in [0.29, 0.717) is 6.42 Å². The summed E-state index contributed by atoms with van der Waals surface area (Å²) in [6.45, 7) is 15.8. The van der Waals surface area contributed by atoms with Gasteiger partial charge in [0.2, 0.25) is 0 Å². The molecule has 29 heavy (non-hydrogen) atoms. The number of ether oxygens (including phenoxy) is 2. The van der Waals surface area contributed by atoms with E-state index in [9.17, 15) is 9.59 Å². The molecule has 0 aromatic heterocycles. The molecule has 0 heterocycles. The molecule has 3 atom stereocenters. The summed E-state index contributed by atoms with van der Waals surface area (Å²) in [4.78, 5) is 25.0. The molecule has 6 nitrogen and oxygen atoms in total.